The van der Waals surface area contributed by atoms with E-state index in [-0.39, 0.29) is 11.3 Å². The van der Waals surface area contributed by atoms with E-state index < -0.39 is 27.9 Å². The molecule has 0 fully saturated rings. The Bertz CT molecular complexity index is 547. The molecular weight excluding hydrogens is 293 g/mol. The van der Waals surface area contributed by atoms with Crippen LogP contribution >= 0.6 is 11.8 Å². The summed E-state index contributed by atoms with van der Waals surface area (Å²) in [5.41, 5.74) is 0. The van der Waals surface area contributed by atoms with Gasteiger partial charge in [0, 0.05) is 0 Å². The lowest BCUT2D eigenvalue weighted by molar-refractivity contribution is -0.139. The van der Waals surface area contributed by atoms with Gasteiger partial charge >= 0.3 is 5.97 Å². The third-order valence-corrected chi connectivity index (χ3v) is 4.43. The second-order valence-electron chi connectivity index (χ2n) is 3.75. The van der Waals surface area contributed by atoms with Crippen LogP contribution < -0.4 is 4.72 Å². The fraction of sp³-hybridized carbons (Fsp3) is 0.364. The molecule has 0 spiro atoms. The van der Waals surface area contributed by atoms with Crippen molar-refractivity contribution in [1.29, 1.82) is 0 Å². The zero-order valence-corrected chi connectivity index (χ0v) is 11.8. The van der Waals surface area contributed by atoms with Gasteiger partial charge in [-0.15, -0.1) is 0 Å². The Morgan fingerprint density at radius 2 is 2.21 bits per heavy atom. The summed E-state index contributed by atoms with van der Waals surface area (Å²) in [4.78, 5) is 10.7. The summed E-state index contributed by atoms with van der Waals surface area (Å²) < 4.78 is 38.9. The number of sulfonamides is 1. The standard InChI is InChI=1S/C11H14FNO4S2/c1-18-6-5-10(11(14)15)13-19(16,17)9-4-2-3-8(12)7-9/h2-4,7,10,13H,5-6H2,1H3,(H,14,15). The van der Waals surface area contributed by atoms with Gasteiger partial charge in [-0.3, -0.25) is 4.79 Å². The summed E-state index contributed by atoms with van der Waals surface area (Å²) in [6, 6.07) is 3.19. The van der Waals surface area contributed by atoms with Crippen LogP contribution in [0.4, 0.5) is 4.39 Å². The average molecular weight is 307 g/mol. The number of hydrogen-bond acceptors (Lipinski definition) is 4. The van der Waals surface area contributed by atoms with E-state index in [1.165, 1.54) is 23.9 Å². The largest absolute Gasteiger partial charge is 0.480 e. The smallest absolute Gasteiger partial charge is 0.321 e. The third-order valence-electron chi connectivity index (χ3n) is 2.31. The lowest BCUT2D eigenvalue weighted by Gasteiger charge is -2.14. The minimum Gasteiger partial charge on any atom is -0.480 e. The van der Waals surface area contributed by atoms with Gasteiger partial charge in [-0.2, -0.15) is 16.5 Å². The highest BCUT2D eigenvalue weighted by Crippen LogP contribution is 2.12. The van der Waals surface area contributed by atoms with Crippen molar-refractivity contribution >= 4 is 27.8 Å². The lowest BCUT2D eigenvalue weighted by Crippen LogP contribution is -2.41. The fourth-order valence-corrected chi connectivity index (χ4v) is 3.08. The molecule has 0 aliphatic heterocycles. The summed E-state index contributed by atoms with van der Waals surface area (Å²) in [6.45, 7) is 0. The van der Waals surface area contributed by atoms with Crippen LogP contribution in [0.15, 0.2) is 29.2 Å². The van der Waals surface area contributed by atoms with Crippen molar-refractivity contribution in [3.63, 3.8) is 0 Å². The minimum atomic E-state index is -4.04. The van der Waals surface area contributed by atoms with E-state index in [1.54, 1.807) is 6.26 Å². The predicted molar refractivity (Wildman–Crippen MR) is 71.1 cm³/mol. The second kappa shape index (κ2) is 6.88. The Labute approximate surface area is 115 Å². The molecule has 2 N–H and O–H groups in total. The van der Waals surface area contributed by atoms with Gasteiger partial charge in [-0.1, -0.05) is 6.07 Å². The van der Waals surface area contributed by atoms with E-state index in [1.807, 2.05) is 0 Å². The summed E-state index contributed by atoms with van der Waals surface area (Å²) >= 11 is 1.41. The van der Waals surface area contributed by atoms with Crippen LogP contribution in [0, 0.1) is 5.82 Å². The zero-order valence-electron chi connectivity index (χ0n) is 10.2. The molecule has 0 amide bonds. The highest BCUT2D eigenvalue weighted by atomic mass is 32.2. The number of hydrogen-bond donors (Lipinski definition) is 2. The van der Waals surface area contributed by atoms with Crippen molar-refractivity contribution in [1.82, 2.24) is 4.72 Å². The molecule has 0 saturated heterocycles. The molecule has 0 saturated carbocycles. The van der Waals surface area contributed by atoms with Crippen LogP contribution in [0.5, 0.6) is 0 Å². The van der Waals surface area contributed by atoms with E-state index in [2.05, 4.69) is 4.72 Å². The number of carboxylic acids is 1. The molecule has 0 heterocycles. The molecule has 1 unspecified atom stereocenters. The van der Waals surface area contributed by atoms with Crippen molar-refractivity contribution in [3.8, 4) is 0 Å². The predicted octanol–water partition coefficient (Wildman–Crippen LogP) is 1.31. The maximum Gasteiger partial charge on any atom is 0.321 e. The van der Waals surface area contributed by atoms with Gasteiger partial charge in [-0.25, -0.2) is 12.8 Å². The number of halogens is 1. The molecule has 19 heavy (non-hydrogen) atoms. The Kier molecular flexibility index (Phi) is 5.77. The van der Waals surface area contributed by atoms with Crippen LogP contribution in [0.2, 0.25) is 0 Å². The Balaban J connectivity index is 2.91. The highest BCUT2D eigenvalue weighted by molar-refractivity contribution is 7.98. The van der Waals surface area contributed by atoms with Crippen molar-refractivity contribution in [2.45, 2.75) is 17.4 Å². The van der Waals surface area contributed by atoms with Crippen LogP contribution in [-0.2, 0) is 14.8 Å². The van der Waals surface area contributed by atoms with Gasteiger partial charge in [0.1, 0.15) is 11.9 Å². The number of carboxylic acid groups (broad SMARTS) is 1. The number of benzene rings is 1. The van der Waals surface area contributed by atoms with Crippen molar-refractivity contribution in [2.75, 3.05) is 12.0 Å². The van der Waals surface area contributed by atoms with Crippen LogP contribution in [0.3, 0.4) is 0 Å². The SMILES string of the molecule is CSCCC(NS(=O)(=O)c1cccc(F)c1)C(=O)O. The first kappa shape index (κ1) is 15.9. The molecule has 106 valence electrons. The second-order valence-corrected chi connectivity index (χ2v) is 6.45. The van der Waals surface area contributed by atoms with E-state index in [9.17, 15) is 17.6 Å². The van der Waals surface area contributed by atoms with Crippen LogP contribution in [-0.4, -0.2) is 37.5 Å². The summed E-state index contributed by atoms with van der Waals surface area (Å²) in [7, 11) is -4.04. The monoisotopic (exact) mass is 307 g/mol. The summed E-state index contributed by atoms with van der Waals surface area (Å²) in [6.07, 6.45) is 1.95. The van der Waals surface area contributed by atoms with Gasteiger partial charge in [0.05, 0.1) is 4.90 Å². The van der Waals surface area contributed by atoms with Gasteiger partial charge < -0.3 is 5.11 Å². The number of aliphatic carboxylic acids is 1. The molecule has 0 aliphatic rings. The first-order chi connectivity index (χ1) is 8.86. The average Bonchev–Trinajstić information content (AvgIpc) is 2.34. The maximum absolute atomic E-state index is 13.0. The van der Waals surface area contributed by atoms with Gasteiger partial charge in [0.2, 0.25) is 10.0 Å². The van der Waals surface area contributed by atoms with Crippen LogP contribution in [0.1, 0.15) is 6.42 Å². The van der Waals surface area contributed by atoms with E-state index in [0.717, 1.165) is 12.1 Å². The molecule has 0 radical (unpaired) electrons. The molecular formula is C11H14FNO4S2. The first-order valence-electron chi connectivity index (χ1n) is 5.36. The van der Waals surface area contributed by atoms with Crippen molar-refractivity contribution < 1.29 is 22.7 Å². The Morgan fingerprint density at radius 3 is 2.74 bits per heavy atom. The van der Waals surface area contributed by atoms with Gasteiger partial charge in [-0.05, 0) is 36.6 Å². The van der Waals surface area contributed by atoms with Gasteiger partial charge in [0.15, 0.2) is 0 Å². The molecule has 0 aromatic heterocycles. The Hall–Kier alpha value is -1.12. The quantitative estimate of drug-likeness (QED) is 0.793. The third kappa shape index (κ3) is 4.81. The number of rotatable bonds is 7. The molecule has 1 atom stereocenters. The summed E-state index contributed by atoms with van der Waals surface area (Å²) in [5.74, 6) is -1.45. The first-order valence-corrected chi connectivity index (χ1v) is 8.24. The molecule has 0 aliphatic carbocycles. The van der Waals surface area contributed by atoms with Gasteiger partial charge in [0.25, 0.3) is 0 Å². The summed E-state index contributed by atoms with van der Waals surface area (Å²) in [5, 5.41) is 8.95. The molecule has 1 aromatic carbocycles. The fourth-order valence-electron chi connectivity index (χ4n) is 1.36. The lowest BCUT2D eigenvalue weighted by atomic mass is 10.2. The maximum atomic E-state index is 13.0. The normalized spacial score (nSPS) is 13.2. The van der Waals surface area contributed by atoms with E-state index >= 15 is 0 Å². The Morgan fingerprint density at radius 1 is 1.53 bits per heavy atom. The molecule has 1 aromatic rings. The topological polar surface area (TPSA) is 83.5 Å². The minimum absolute atomic E-state index is 0.158. The van der Waals surface area contributed by atoms with E-state index in [0.29, 0.717) is 5.75 Å². The van der Waals surface area contributed by atoms with Crippen molar-refractivity contribution in [2.24, 2.45) is 0 Å². The number of thioether (sulfide) groups is 1. The molecule has 5 nitrogen and oxygen atoms in total. The van der Waals surface area contributed by atoms with Crippen molar-refractivity contribution in [3.05, 3.63) is 30.1 Å². The molecule has 0 bridgehead atoms. The number of nitrogens with one attached hydrogen (secondary N) is 1. The highest BCUT2D eigenvalue weighted by Gasteiger charge is 2.25. The van der Waals surface area contributed by atoms with Crippen LogP contribution in [0.25, 0.3) is 0 Å². The molecule has 8 heteroatoms. The number of carbonyl (C=O) groups is 1. The van der Waals surface area contributed by atoms with E-state index in [4.69, 9.17) is 5.11 Å². The zero-order chi connectivity index (χ0) is 14.5. The molecule has 1 rings (SSSR count).